The zero-order valence-electron chi connectivity index (χ0n) is 20.3. The molecule has 12 nitrogen and oxygen atoms in total. The Morgan fingerprint density at radius 3 is 2.83 bits per heavy atom. The fourth-order valence-corrected chi connectivity index (χ4v) is 4.31. The van der Waals surface area contributed by atoms with Crippen LogP contribution in [-0.2, 0) is 30.3 Å². The molecule has 1 amide bonds. The van der Waals surface area contributed by atoms with Crippen molar-refractivity contribution >= 4 is 5.91 Å². The molecule has 2 aliphatic heterocycles. The Balaban J connectivity index is 1.56. The smallest absolute Gasteiger partial charge is 0.217 e. The molecule has 3 heterocycles. The van der Waals surface area contributed by atoms with Gasteiger partial charge in [0.25, 0.3) is 0 Å². The van der Waals surface area contributed by atoms with E-state index in [0.29, 0.717) is 12.2 Å². The first-order chi connectivity index (χ1) is 16.7. The van der Waals surface area contributed by atoms with Gasteiger partial charge in [0, 0.05) is 19.0 Å². The van der Waals surface area contributed by atoms with E-state index in [4.69, 9.17) is 29.4 Å². The van der Waals surface area contributed by atoms with Crippen molar-refractivity contribution in [3.8, 4) is 17.0 Å². The molecule has 35 heavy (non-hydrogen) atoms. The van der Waals surface area contributed by atoms with Gasteiger partial charge in [-0.2, -0.15) is 0 Å². The zero-order valence-corrected chi connectivity index (χ0v) is 20.3. The van der Waals surface area contributed by atoms with E-state index < -0.39 is 42.5 Å². The topological polar surface area (TPSA) is 152 Å². The van der Waals surface area contributed by atoms with Crippen LogP contribution in [0.5, 0.6) is 5.75 Å². The number of carbonyl (C=O) groups excluding carboxylic acids is 1. The second-order valence-corrected chi connectivity index (χ2v) is 9.11. The highest BCUT2D eigenvalue weighted by atomic mass is 16.8. The molecule has 0 spiro atoms. The molecule has 2 saturated heterocycles. The molecule has 2 aliphatic rings. The molecule has 6 atom stereocenters. The molecule has 0 aliphatic carbocycles. The third-order valence-electron chi connectivity index (χ3n) is 5.85. The Labute approximate surface area is 203 Å². The van der Waals surface area contributed by atoms with Crippen molar-refractivity contribution in [2.75, 3.05) is 20.3 Å². The predicted molar refractivity (Wildman–Crippen MR) is 123 cm³/mol. The van der Waals surface area contributed by atoms with Gasteiger partial charge < -0.3 is 39.8 Å². The minimum absolute atomic E-state index is 0.0334. The van der Waals surface area contributed by atoms with Crippen LogP contribution >= 0.6 is 0 Å². The van der Waals surface area contributed by atoms with Crippen molar-refractivity contribution in [1.82, 2.24) is 20.3 Å². The van der Waals surface area contributed by atoms with E-state index in [1.807, 2.05) is 30.5 Å². The number of nitrogens with zero attached hydrogens (tertiary/aromatic N) is 3. The molecule has 0 bridgehead atoms. The normalized spacial score (nSPS) is 28.3. The first kappa shape index (κ1) is 25.5. The molecule has 0 radical (unpaired) electrons. The number of methoxy groups -OCH3 is 1. The van der Waals surface area contributed by atoms with Gasteiger partial charge >= 0.3 is 0 Å². The second-order valence-electron chi connectivity index (χ2n) is 9.11. The van der Waals surface area contributed by atoms with Gasteiger partial charge in [-0.1, -0.05) is 17.3 Å². The Bertz CT molecular complexity index is 1020. The molecule has 2 aromatic rings. The van der Waals surface area contributed by atoms with Crippen LogP contribution in [0.25, 0.3) is 11.3 Å². The number of aromatic nitrogens is 3. The quantitative estimate of drug-likeness (QED) is 0.438. The van der Waals surface area contributed by atoms with Crippen molar-refractivity contribution in [3.63, 3.8) is 0 Å². The van der Waals surface area contributed by atoms with E-state index in [1.54, 1.807) is 25.6 Å². The van der Waals surface area contributed by atoms with E-state index in [0.717, 1.165) is 11.3 Å². The van der Waals surface area contributed by atoms with Gasteiger partial charge in [-0.3, -0.25) is 4.79 Å². The van der Waals surface area contributed by atoms with Crippen molar-refractivity contribution in [3.05, 3.63) is 30.5 Å². The number of rotatable bonds is 9. The minimum atomic E-state index is -0.898. The largest absolute Gasteiger partial charge is 0.497 e. The number of aliphatic hydroxyl groups excluding tert-OH is 1. The Morgan fingerprint density at radius 2 is 2.11 bits per heavy atom. The number of amides is 1. The number of benzene rings is 1. The van der Waals surface area contributed by atoms with E-state index in [2.05, 4.69) is 15.6 Å². The monoisotopic (exact) mass is 491 g/mol. The number of fused-ring (bicyclic) bond motifs is 1. The summed E-state index contributed by atoms with van der Waals surface area (Å²) in [6.07, 6.45) is -1.55. The van der Waals surface area contributed by atoms with Crippen LogP contribution in [0.4, 0.5) is 0 Å². The van der Waals surface area contributed by atoms with Crippen molar-refractivity contribution in [2.24, 2.45) is 5.73 Å². The van der Waals surface area contributed by atoms with Crippen LogP contribution in [0, 0.1) is 0 Å². The summed E-state index contributed by atoms with van der Waals surface area (Å²) in [5.41, 5.74) is 7.05. The average Bonchev–Trinajstić information content (AvgIpc) is 3.42. The lowest BCUT2D eigenvalue weighted by Gasteiger charge is -2.42. The van der Waals surface area contributed by atoms with Gasteiger partial charge in [-0.25, -0.2) is 4.68 Å². The van der Waals surface area contributed by atoms with Crippen molar-refractivity contribution in [1.29, 1.82) is 0 Å². The van der Waals surface area contributed by atoms with Crippen molar-refractivity contribution < 1.29 is 33.6 Å². The number of aliphatic hydroxyl groups is 1. The average molecular weight is 492 g/mol. The molecule has 2 fully saturated rings. The molecule has 4 rings (SSSR count). The number of nitrogens with two attached hydrogens (primary N) is 1. The summed E-state index contributed by atoms with van der Waals surface area (Å²) in [7, 11) is 1.61. The number of hydrogen-bond acceptors (Lipinski definition) is 10. The zero-order chi connectivity index (χ0) is 25.2. The van der Waals surface area contributed by atoms with Crippen LogP contribution in [0.1, 0.15) is 20.8 Å². The Hall–Kier alpha value is -2.61. The van der Waals surface area contributed by atoms with Gasteiger partial charge in [0.15, 0.2) is 12.1 Å². The SMILES string of the molecule is COc1cccc(-c2cn(CC3OC(OCC(O)CN)C(NC(C)=O)C4OC(C)(C)OC34)nn2)c1. The molecule has 6 unspecified atom stereocenters. The maximum atomic E-state index is 11.9. The van der Waals surface area contributed by atoms with Crippen LogP contribution in [0.3, 0.4) is 0 Å². The Kier molecular flexibility index (Phi) is 7.69. The second kappa shape index (κ2) is 10.6. The third-order valence-corrected chi connectivity index (χ3v) is 5.85. The van der Waals surface area contributed by atoms with Crippen molar-refractivity contribution in [2.45, 2.75) is 69.9 Å². The molecule has 192 valence electrons. The molecule has 1 aromatic heterocycles. The van der Waals surface area contributed by atoms with E-state index in [-0.39, 0.29) is 19.1 Å². The fraction of sp³-hybridized carbons (Fsp3) is 0.609. The van der Waals surface area contributed by atoms with Crippen LogP contribution < -0.4 is 15.8 Å². The lowest BCUT2D eigenvalue weighted by molar-refractivity contribution is -0.253. The lowest BCUT2D eigenvalue weighted by atomic mass is 9.96. The standard InChI is InChI=1S/C23H33N5O7/c1-13(29)25-19-21-20(34-23(2,3)35-21)18(33-22(19)32-12-15(30)9-24)11-28-10-17(26-27-28)14-6-5-7-16(8-14)31-4/h5-8,10,15,18-22,30H,9,11-12,24H2,1-4H3,(H,25,29). The maximum Gasteiger partial charge on any atom is 0.217 e. The summed E-state index contributed by atoms with van der Waals surface area (Å²) < 4.78 is 31.4. The number of carbonyl (C=O) groups is 1. The fourth-order valence-electron chi connectivity index (χ4n) is 4.31. The number of ether oxygens (including phenoxy) is 5. The Morgan fingerprint density at radius 1 is 1.34 bits per heavy atom. The molecule has 1 aromatic carbocycles. The third kappa shape index (κ3) is 5.97. The molecular weight excluding hydrogens is 458 g/mol. The lowest BCUT2D eigenvalue weighted by Crippen LogP contribution is -2.63. The van der Waals surface area contributed by atoms with Gasteiger partial charge in [0.05, 0.1) is 32.6 Å². The predicted octanol–water partition coefficient (Wildman–Crippen LogP) is 0.0396. The molecular formula is C23H33N5O7. The molecule has 12 heteroatoms. The molecule has 4 N–H and O–H groups in total. The van der Waals surface area contributed by atoms with Gasteiger partial charge in [-0.15, -0.1) is 5.10 Å². The van der Waals surface area contributed by atoms with Crippen LogP contribution in [0.2, 0.25) is 0 Å². The summed E-state index contributed by atoms with van der Waals surface area (Å²) in [5, 5.41) is 21.3. The summed E-state index contributed by atoms with van der Waals surface area (Å²) in [6.45, 7) is 5.28. The molecule has 0 saturated carbocycles. The summed E-state index contributed by atoms with van der Waals surface area (Å²) in [5.74, 6) is -0.442. The highest BCUT2D eigenvalue weighted by molar-refractivity contribution is 5.73. The summed E-state index contributed by atoms with van der Waals surface area (Å²) in [4.78, 5) is 11.9. The van der Waals surface area contributed by atoms with Gasteiger partial charge in [0.1, 0.15) is 35.8 Å². The van der Waals surface area contributed by atoms with Gasteiger partial charge in [-0.05, 0) is 26.0 Å². The highest BCUT2D eigenvalue weighted by Gasteiger charge is 2.56. The van der Waals surface area contributed by atoms with E-state index in [9.17, 15) is 9.90 Å². The van der Waals surface area contributed by atoms with E-state index >= 15 is 0 Å². The van der Waals surface area contributed by atoms with E-state index in [1.165, 1.54) is 6.92 Å². The minimum Gasteiger partial charge on any atom is -0.497 e. The van der Waals surface area contributed by atoms with Crippen LogP contribution in [-0.4, -0.2) is 88.8 Å². The first-order valence-electron chi connectivity index (χ1n) is 11.5. The summed E-state index contributed by atoms with van der Waals surface area (Å²) >= 11 is 0. The van der Waals surface area contributed by atoms with Crippen LogP contribution in [0.15, 0.2) is 30.5 Å². The summed E-state index contributed by atoms with van der Waals surface area (Å²) in [6, 6.07) is 6.89. The number of nitrogens with one attached hydrogen (secondary N) is 1. The van der Waals surface area contributed by atoms with Gasteiger partial charge in [0.2, 0.25) is 5.91 Å². The number of hydrogen-bond donors (Lipinski definition) is 3. The first-order valence-corrected chi connectivity index (χ1v) is 11.5. The maximum absolute atomic E-state index is 11.9. The highest BCUT2D eigenvalue weighted by Crippen LogP contribution is 2.38.